The van der Waals surface area contributed by atoms with Crippen molar-refractivity contribution in [1.82, 2.24) is 15.3 Å². The van der Waals surface area contributed by atoms with Gasteiger partial charge in [-0.15, -0.1) is 0 Å². The Hall–Kier alpha value is -2.56. The van der Waals surface area contributed by atoms with E-state index in [1.54, 1.807) is 12.2 Å². The van der Waals surface area contributed by atoms with Gasteiger partial charge < -0.3 is 9.91 Å². The molecule has 0 bridgehead atoms. The van der Waals surface area contributed by atoms with E-state index in [0.29, 0.717) is 16.4 Å². The number of rotatable bonds is 7. The maximum absolute atomic E-state index is 11.1. The standard InChI is InChI=1S/C24H28ClN3O/c1-5-6-9-22(24(25)28-13-12-19(16-29)14-17(28)2)20-10-7-8-11-21(20)23-15-27(4)26-18(23)3/h7-8,10-16,18,26H,2,5-6,9H2,1,3-4H3/b24-22+. The first kappa shape index (κ1) is 21.2. The average Bonchev–Trinajstić information content (AvgIpc) is 3.06. The molecule has 2 heterocycles. The topological polar surface area (TPSA) is 35.6 Å². The van der Waals surface area contributed by atoms with Crippen LogP contribution in [0, 0.1) is 0 Å². The first-order valence-corrected chi connectivity index (χ1v) is 10.4. The summed E-state index contributed by atoms with van der Waals surface area (Å²) in [5.74, 6) is 0. The SMILES string of the molecule is C=C1C=C(C=O)C=CN1/C(Cl)=C(\CCCC)c1ccccc1C1=CN(C)NC1C. The van der Waals surface area contributed by atoms with Gasteiger partial charge in [0.2, 0.25) is 0 Å². The molecule has 0 saturated heterocycles. The van der Waals surface area contributed by atoms with Crippen molar-refractivity contribution in [2.75, 3.05) is 7.05 Å². The molecule has 29 heavy (non-hydrogen) atoms. The predicted molar refractivity (Wildman–Crippen MR) is 121 cm³/mol. The summed E-state index contributed by atoms with van der Waals surface area (Å²) < 4.78 is 0. The van der Waals surface area contributed by atoms with Crippen molar-refractivity contribution in [3.8, 4) is 0 Å². The molecular weight excluding hydrogens is 382 g/mol. The minimum absolute atomic E-state index is 0.218. The predicted octanol–water partition coefficient (Wildman–Crippen LogP) is 5.43. The molecule has 0 aromatic heterocycles. The molecule has 0 spiro atoms. The molecular formula is C24H28ClN3O. The highest BCUT2D eigenvalue weighted by molar-refractivity contribution is 6.32. The molecule has 0 amide bonds. The van der Waals surface area contributed by atoms with E-state index in [1.165, 1.54) is 11.1 Å². The molecule has 0 saturated carbocycles. The van der Waals surface area contributed by atoms with Gasteiger partial charge in [0.1, 0.15) is 11.4 Å². The number of nitrogens with zero attached hydrogens (tertiary/aromatic N) is 2. The van der Waals surface area contributed by atoms with Gasteiger partial charge in [0.15, 0.2) is 0 Å². The number of benzene rings is 1. The van der Waals surface area contributed by atoms with Gasteiger partial charge in [0, 0.05) is 30.7 Å². The van der Waals surface area contributed by atoms with Gasteiger partial charge >= 0.3 is 0 Å². The van der Waals surface area contributed by atoms with Crippen LogP contribution in [0.25, 0.3) is 11.1 Å². The van der Waals surface area contributed by atoms with Crippen molar-refractivity contribution in [3.05, 3.63) is 82.9 Å². The zero-order valence-electron chi connectivity index (χ0n) is 17.3. The molecule has 1 N–H and O–H groups in total. The molecule has 1 atom stereocenters. The molecule has 1 aromatic carbocycles. The second-order valence-electron chi connectivity index (χ2n) is 7.40. The number of allylic oxidation sites excluding steroid dienone is 4. The minimum Gasteiger partial charge on any atom is -0.318 e. The molecule has 2 aliphatic rings. The molecule has 0 radical (unpaired) electrons. The van der Waals surface area contributed by atoms with E-state index in [0.717, 1.165) is 36.7 Å². The van der Waals surface area contributed by atoms with Gasteiger partial charge in [-0.25, -0.2) is 5.43 Å². The summed E-state index contributed by atoms with van der Waals surface area (Å²) in [5, 5.41) is 2.62. The summed E-state index contributed by atoms with van der Waals surface area (Å²) in [6.45, 7) is 8.42. The summed E-state index contributed by atoms with van der Waals surface area (Å²) in [4.78, 5) is 12.9. The van der Waals surface area contributed by atoms with E-state index in [9.17, 15) is 4.79 Å². The van der Waals surface area contributed by atoms with E-state index < -0.39 is 0 Å². The number of hydrazine groups is 1. The Kier molecular flexibility index (Phi) is 6.78. The first-order valence-electron chi connectivity index (χ1n) is 9.98. The number of carbonyl (C=O) groups excluding carboxylic acids is 1. The fourth-order valence-electron chi connectivity index (χ4n) is 3.71. The largest absolute Gasteiger partial charge is 0.318 e. The highest BCUT2D eigenvalue weighted by Crippen LogP contribution is 2.37. The quantitative estimate of drug-likeness (QED) is 0.481. The fourth-order valence-corrected chi connectivity index (χ4v) is 4.07. The van der Waals surface area contributed by atoms with Gasteiger partial charge in [-0.1, -0.05) is 55.8 Å². The summed E-state index contributed by atoms with van der Waals surface area (Å²) in [5.41, 5.74) is 9.30. The van der Waals surface area contributed by atoms with Crippen LogP contribution in [-0.2, 0) is 4.79 Å². The summed E-state index contributed by atoms with van der Waals surface area (Å²) in [6.07, 6.45) is 11.2. The number of hydrogen-bond donors (Lipinski definition) is 1. The third kappa shape index (κ3) is 4.55. The second kappa shape index (κ2) is 9.29. The van der Waals surface area contributed by atoms with Crippen LogP contribution < -0.4 is 5.43 Å². The van der Waals surface area contributed by atoms with Crippen LogP contribution in [0.5, 0.6) is 0 Å². The van der Waals surface area contributed by atoms with E-state index in [2.05, 4.69) is 56.3 Å². The Morgan fingerprint density at radius 2 is 2.10 bits per heavy atom. The Labute approximate surface area is 178 Å². The van der Waals surface area contributed by atoms with Gasteiger partial charge in [-0.3, -0.25) is 4.79 Å². The normalized spacial score (nSPS) is 19.9. The zero-order chi connectivity index (χ0) is 21.0. The lowest BCUT2D eigenvalue weighted by Crippen LogP contribution is -2.30. The van der Waals surface area contributed by atoms with Crippen molar-refractivity contribution in [3.63, 3.8) is 0 Å². The molecule has 1 aromatic rings. The molecule has 2 aliphatic heterocycles. The number of aldehydes is 1. The molecule has 3 rings (SSSR count). The third-order valence-electron chi connectivity index (χ3n) is 5.20. The number of carbonyl (C=O) groups is 1. The van der Waals surface area contributed by atoms with Crippen LogP contribution in [0.2, 0.25) is 0 Å². The summed E-state index contributed by atoms with van der Waals surface area (Å²) >= 11 is 6.96. The molecule has 5 heteroatoms. The lowest BCUT2D eigenvalue weighted by atomic mass is 9.90. The summed E-state index contributed by atoms with van der Waals surface area (Å²) in [7, 11) is 2.01. The van der Waals surface area contributed by atoms with Gasteiger partial charge in [-0.2, -0.15) is 0 Å². The van der Waals surface area contributed by atoms with Crippen LogP contribution in [0.1, 0.15) is 44.2 Å². The van der Waals surface area contributed by atoms with E-state index in [-0.39, 0.29) is 6.04 Å². The molecule has 0 aliphatic carbocycles. The average molecular weight is 410 g/mol. The van der Waals surface area contributed by atoms with Crippen molar-refractivity contribution in [2.24, 2.45) is 0 Å². The third-order valence-corrected chi connectivity index (χ3v) is 5.61. The molecule has 152 valence electrons. The molecule has 0 fully saturated rings. The van der Waals surface area contributed by atoms with Crippen LogP contribution in [-0.4, -0.2) is 29.3 Å². The number of halogens is 1. The molecule has 4 nitrogen and oxygen atoms in total. The summed E-state index contributed by atoms with van der Waals surface area (Å²) in [6, 6.07) is 8.62. The highest BCUT2D eigenvalue weighted by Gasteiger charge is 2.24. The fraction of sp³-hybridized carbons (Fsp3) is 0.292. The Balaban J connectivity index is 2.09. The van der Waals surface area contributed by atoms with Crippen molar-refractivity contribution in [2.45, 2.75) is 39.2 Å². The van der Waals surface area contributed by atoms with Crippen LogP contribution >= 0.6 is 11.6 Å². The zero-order valence-corrected chi connectivity index (χ0v) is 18.0. The Morgan fingerprint density at radius 1 is 1.34 bits per heavy atom. The van der Waals surface area contributed by atoms with E-state index in [4.69, 9.17) is 11.6 Å². The van der Waals surface area contributed by atoms with Gasteiger partial charge in [-0.05, 0) is 54.2 Å². The first-order chi connectivity index (χ1) is 14.0. The van der Waals surface area contributed by atoms with Crippen LogP contribution in [0.3, 0.4) is 0 Å². The number of unbranched alkanes of at least 4 members (excludes halogenated alkanes) is 1. The van der Waals surface area contributed by atoms with Crippen molar-refractivity contribution < 1.29 is 4.79 Å². The highest BCUT2D eigenvalue weighted by atomic mass is 35.5. The number of nitrogens with one attached hydrogen (secondary N) is 1. The number of hydrogen-bond acceptors (Lipinski definition) is 4. The smallest absolute Gasteiger partial charge is 0.150 e. The monoisotopic (exact) mass is 409 g/mol. The van der Waals surface area contributed by atoms with Gasteiger partial charge in [0.25, 0.3) is 0 Å². The maximum Gasteiger partial charge on any atom is 0.150 e. The Bertz CT molecular complexity index is 926. The maximum atomic E-state index is 11.1. The second-order valence-corrected chi connectivity index (χ2v) is 7.76. The lowest BCUT2D eigenvalue weighted by Gasteiger charge is -2.26. The van der Waals surface area contributed by atoms with E-state index in [1.807, 2.05) is 23.2 Å². The van der Waals surface area contributed by atoms with Crippen LogP contribution in [0.15, 0.2) is 71.8 Å². The van der Waals surface area contributed by atoms with Gasteiger partial charge in [0.05, 0.1) is 6.04 Å². The van der Waals surface area contributed by atoms with E-state index >= 15 is 0 Å². The van der Waals surface area contributed by atoms with Crippen LogP contribution in [0.4, 0.5) is 0 Å². The Morgan fingerprint density at radius 3 is 2.72 bits per heavy atom. The minimum atomic E-state index is 0.218. The van der Waals surface area contributed by atoms with Crippen molar-refractivity contribution in [1.29, 1.82) is 0 Å². The van der Waals surface area contributed by atoms with Crippen molar-refractivity contribution >= 4 is 29.0 Å². The molecule has 1 unspecified atom stereocenters. The lowest BCUT2D eigenvalue weighted by molar-refractivity contribution is -0.104.